The van der Waals surface area contributed by atoms with Crippen LogP contribution in [0, 0.1) is 0 Å². The van der Waals surface area contributed by atoms with Gasteiger partial charge < -0.3 is 9.88 Å². The zero-order valence-corrected chi connectivity index (χ0v) is 14.0. The average molecular weight is 358 g/mol. The zero-order chi connectivity index (χ0) is 15.7. The Kier molecular flexibility index (Phi) is 3.98. The molecule has 22 heavy (non-hydrogen) atoms. The van der Waals surface area contributed by atoms with Crippen molar-refractivity contribution in [1.82, 2.24) is 14.9 Å². The van der Waals surface area contributed by atoms with Crippen LogP contribution in [0.5, 0.6) is 0 Å². The first kappa shape index (κ1) is 14.8. The van der Waals surface area contributed by atoms with Gasteiger partial charge in [0.1, 0.15) is 5.69 Å². The number of fused-ring (bicyclic) bond motifs is 1. The SMILES string of the molecule is C[C@@H](NC(=O)c1cc2c(Br)cncc2n1C)c1ccccc1. The van der Waals surface area contributed by atoms with Crippen molar-refractivity contribution in [2.75, 3.05) is 0 Å². The minimum absolute atomic E-state index is 0.0479. The fourth-order valence-corrected chi connectivity index (χ4v) is 2.96. The van der Waals surface area contributed by atoms with Crippen molar-refractivity contribution < 1.29 is 4.79 Å². The van der Waals surface area contributed by atoms with Crippen molar-refractivity contribution in [2.45, 2.75) is 13.0 Å². The molecule has 0 spiro atoms. The summed E-state index contributed by atoms with van der Waals surface area (Å²) in [5.41, 5.74) is 2.62. The van der Waals surface area contributed by atoms with Crippen molar-refractivity contribution >= 4 is 32.7 Å². The number of hydrogen-bond donors (Lipinski definition) is 1. The van der Waals surface area contributed by atoms with Crippen LogP contribution in [-0.2, 0) is 7.05 Å². The first-order valence-corrected chi connectivity index (χ1v) is 7.82. The van der Waals surface area contributed by atoms with Crippen LogP contribution in [0.25, 0.3) is 10.9 Å². The number of carbonyl (C=O) groups excluding carboxylic acids is 1. The molecule has 1 aromatic carbocycles. The summed E-state index contributed by atoms with van der Waals surface area (Å²) in [5.74, 6) is -0.0954. The molecule has 3 rings (SSSR count). The van der Waals surface area contributed by atoms with E-state index in [0.29, 0.717) is 5.69 Å². The van der Waals surface area contributed by atoms with Gasteiger partial charge in [-0.2, -0.15) is 0 Å². The van der Waals surface area contributed by atoms with Crippen molar-refractivity contribution in [2.24, 2.45) is 7.05 Å². The Morgan fingerprint density at radius 3 is 2.68 bits per heavy atom. The van der Waals surface area contributed by atoms with Gasteiger partial charge in [-0.15, -0.1) is 0 Å². The molecule has 2 heterocycles. The first-order chi connectivity index (χ1) is 10.6. The van der Waals surface area contributed by atoms with Crippen LogP contribution in [-0.4, -0.2) is 15.5 Å². The number of hydrogen-bond acceptors (Lipinski definition) is 2. The molecule has 2 aromatic heterocycles. The smallest absolute Gasteiger partial charge is 0.268 e. The molecule has 0 saturated heterocycles. The summed E-state index contributed by atoms with van der Waals surface area (Å²) in [4.78, 5) is 16.7. The number of nitrogens with zero attached hydrogens (tertiary/aromatic N) is 2. The second-order valence-electron chi connectivity index (χ2n) is 5.25. The van der Waals surface area contributed by atoms with E-state index in [1.807, 2.05) is 54.9 Å². The molecule has 0 aliphatic rings. The van der Waals surface area contributed by atoms with Gasteiger partial charge in [0.25, 0.3) is 5.91 Å². The van der Waals surface area contributed by atoms with Crippen LogP contribution in [0.4, 0.5) is 0 Å². The molecule has 112 valence electrons. The maximum absolute atomic E-state index is 12.6. The Morgan fingerprint density at radius 1 is 1.27 bits per heavy atom. The van der Waals surface area contributed by atoms with Gasteiger partial charge >= 0.3 is 0 Å². The van der Waals surface area contributed by atoms with E-state index in [9.17, 15) is 4.79 Å². The highest BCUT2D eigenvalue weighted by Crippen LogP contribution is 2.25. The number of nitrogens with one attached hydrogen (secondary N) is 1. The predicted octanol–water partition coefficient (Wildman–Crippen LogP) is 3.83. The van der Waals surface area contributed by atoms with Crippen LogP contribution in [0.15, 0.2) is 53.3 Å². The number of aryl methyl sites for hydroxylation is 1. The van der Waals surface area contributed by atoms with E-state index in [2.05, 4.69) is 26.2 Å². The van der Waals surface area contributed by atoms with Crippen molar-refractivity contribution in [1.29, 1.82) is 0 Å². The highest BCUT2D eigenvalue weighted by atomic mass is 79.9. The second kappa shape index (κ2) is 5.93. The standard InChI is InChI=1S/C17H16BrN3O/c1-11(12-6-4-3-5-7-12)20-17(22)15-8-13-14(18)9-19-10-16(13)21(15)2/h3-11H,1-2H3,(H,20,22)/t11-/m1/s1. The number of halogens is 1. The second-order valence-corrected chi connectivity index (χ2v) is 6.10. The van der Waals surface area contributed by atoms with E-state index >= 15 is 0 Å². The topological polar surface area (TPSA) is 46.9 Å². The normalized spacial score (nSPS) is 12.3. The number of aromatic nitrogens is 2. The molecular weight excluding hydrogens is 342 g/mol. The summed E-state index contributed by atoms with van der Waals surface area (Å²) >= 11 is 3.47. The summed E-state index contributed by atoms with van der Waals surface area (Å²) < 4.78 is 2.75. The monoisotopic (exact) mass is 357 g/mol. The lowest BCUT2D eigenvalue weighted by atomic mass is 10.1. The largest absolute Gasteiger partial charge is 0.344 e. The summed E-state index contributed by atoms with van der Waals surface area (Å²) in [5, 5.41) is 4.02. The lowest BCUT2D eigenvalue weighted by Gasteiger charge is -2.14. The Balaban J connectivity index is 1.90. The third kappa shape index (κ3) is 2.64. The van der Waals surface area contributed by atoms with Gasteiger partial charge in [0, 0.05) is 23.1 Å². The fourth-order valence-electron chi connectivity index (χ4n) is 2.52. The molecule has 3 aromatic rings. The quantitative estimate of drug-likeness (QED) is 0.774. The van der Waals surface area contributed by atoms with Crippen LogP contribution in [0.1, 0.15) is 29.0 Å². The summed E-state index contributed by atoms with van der Waals surface area (Å²) in [7, 11) is 1.87. The van der Waals surface area contributed by atoms with Crippen molar-refractivity contribution in [3.63, 3.8) is 0 Å². The number of benzene rings is 1. The van der Waals surface area contributed by atoms with Crippen LogP contribution < -0.4 is 5.32 Å². The Hall–Kier alpha value is -2.14. The molecule has 1 amide bonds. The van der Waals surface area contributed by atoms with E-state index < -0.39 is 0 Å². The summed E-state index contributed by atoms with van der Waals surface area (Å²) in [6.07, 6.45) is 3.49. The minimum atomic E-state index is -0.0954. The highest BCUT2D eigenvalue weighted by molar-refractivity contribution is 9.10. The van der Waals surface area contributed by atoms with Crippen molar-refractivity contribution in [3.8, 4) is 0 Å². The molecule has 0 unspecified atom stereocenters. The van der Waals surface area contributed by atoms with Crippen molar-refractivity contribution in [3.05, 3.63) is 64.5 Å². The highest BCUT2D eigenvalue weighted by Gasteiger charge is 2.17. The minimum Gasteiger partial charge on any atom is -0.344 e. The van der Waals surface area contributed by atoms with Crippen LogP contribution >= 0.6 is 15.9 Å². The van der Waals surface area contributed by atoms with E-state index in [-0.39, 0.29) is 11.9 Å². The summed E-state index contributed by atoms with van der Waals surface area (Å²) in [6.45, 7) is 1.98. The number of pyridine rings is 1. The fraction of sp³-hybridized carbons (Fsp3) is 0.176. The molecule has 5 heteroatoms. The molecule has 0 saturated carbocycles. The molecule has 1 N–H and O–H groups in total. The lowest BCUT2D eigenvalue weighted by Crippen LogP contribution is -2.28. The van der Waals surface area contributed by atoms with Gasteiger partial charge in [0.05, 0.1) is 17.8 Å². The van der Waals surface area contributed by atoms with Gasteiger partial charge in [0.15, 0.2) is 0 Å². The molecule has 0 radical (unpaired) electrons. The lowest BCUT2D eigenvalue weighted by molar-refractivity contribution is 0.0932. The molecule has 4 nitrogen and oxygen atoms in total. The molecular formula is C17H16BrN3O. The molecule has 0 fully saturated rings. The molecule has 0 aliphatic carbocycles. The van der Waals surface area contributed by atoms with Crippen LogP contribution in [0.2, 0.25) is 0 Å². The zero-order valence-electron chi connectivity index (χ0n) is 12.4. The summed E-state index contributed by atoms with van der Waals surface area (Å²) in [6, 6.07) is 11.8. The Bertz CT molecular complexity index is 827. The van der Waals surface area contributed by atoms with E-state index in [1.165, 1.54) is 0 Å². The number of carbonyl (C=O) groups is 1. The van der Waals surface area contributed by atoms with E-state index in [0.717, 1.165) is 20.9 Å². The molecule has 1 atom stereocenters. The Labute approximate surface area is 137 Å². The van der Waals surface area contributed by atoms with E-state index in [4.69, 9.17) is 0 Å². The third-order valence-corrected chi connectivity index (χ3v) is 4.43. The third-order valence-electron chi connectivity index (χ3n) is 3.80. The maximum Gasteiger partial charge on any atom is 0.268 e. The predicted molar refractivity (Wildman–Crippen MR) is 90.7 cm³/mol. The van der Waals surface area contributed by atoms with Gasteiger partial charge in [-0.3, -0.25) is 9.78 Å². The maximum atomic E-state index is 12.6. The number of amides is 1. The van der Waals surface area contributed by atoms with Gasteiger partial charge in [0.2, 0.25) is 0 Å². The molecule has 0 bridgehead atoms. The molecule has 0 aliphatic heterocycles. The van der Waals surface area contributed by atoms with Gasteiger partial charge in [-0.05, 0) is 34.5 Å². The average Bonchev–Trinajstić information content (AvgIpc) is 2.87. The van der Waals surface area contributed by atoms with Crippen LogP contribution in [0.3, 0.4) is 0 Å². The van der Waals surface area contributed by atoms with E-state index in [1.54, 1.807) is 12.4 Å². The first-order valence-electron chi connectivity index (χ1n) is 7.02. The Morgan fingerprint density at radius 2 is 2.00 bits per heavy atom. The van der Waals surface area contributed by atoms with Gasteiger partial charge in [-0.1, -0.05) is 30.3 Å². The van der Waals surface area contributed by atoms with Gasteiger partial charge in [-0.25, -0.2) is 0 Å². The number of rotatable bonds is 3.